The van der Waals surface area contributed by atoms with Gasteiger partial charge < -0.3 is 0 Å². The second kappa shape index (κ2) is 6.66. The van der Waals surface area contributed by atoms with Gasteiger partial charge in [-0.05, 0) is 19.4 Å². The van der Waals surface area contributed by atoms with Crippen LogP contribution in [-0.4, -0.2) is 36.0 Å². The zero-order valence-corrected chi connectivity index (χ0v) is 16.4. The van der Waals surface area contributed by atoms with E-state index in [9.17, 15) is 9.59 Å². The zero-order valence-electron chi connectivity index (χ0n) is 15.6. The van der Waals surface area contributed by atoms with Crippen molar-refractivity contribution in [1.82, 2.24) is 23.4 Å². The maximum atomic E-state index is 12.8. The Morgan fingerprint density at radius 2 is 1.92 bits per heavy atom. The van der Waals surface area contributed by atoms with Crippen molar-refractivity contribution in [2.45, 2.75) is 51.6 Å². The maximum Gasteiger partial charge on any atom is 0.332 e. The van der Waals surface area contributed by atoms with Crippen LogP contribution >= 0.6 is 11.3 Å². The van der Waals surface area contributed by atoms with Crippen LogP contribution in [0.1, 0.15) is 44.7 Å². The van der Waals surface area contributed by atoms with Gasteiger partial charge >= 0.3 is 5.69 Å². The molecule has 0 aliphatic heterocycles. The van der Waals surface area contributed by atoms with E-state index in [0.717, 1.165) is 28.3 Å². The smallest absolute Gasteiger partial charge is 0.295 e. The fourth-order valence-corrected chi connectivity index (χ4v) is 5.03. The molecule has 0 unspecified atom stereocenters. The third-order valence-electron chi connectivity index (χ3n) is 5.68. The van der Waals surface area contributed by atoms with Crippen LogP contribution in [-0.2, 0) is 20.6 Å². The largest absolute Gasteiger partial charge is 0.332 e. The molecule has 4 rings (SSSR count). The van der Waals surface area contributed by atoms with Gasteiger partial charge in [0, 0.05) is 37.8 Å². The van der Waals surface area contributed by atoms with Gasteiger partial charge in [-0.2, -0.15) is 0 Å². The van der Waals surface area contributed by atoms with Crippen molar-refractivity contribution in [2.75, 3.05) is 6.54 Å². The number of fused-ring (bicyclic) bond motifs is 3. The molecular formula is C18H25N5O2S. The summed E-state index contributed by atoms with van der Waals surface area (Å²) in [6.07, 6.45) is 6.45. The summed E-state index contributed by atoms with van der Waals surface area (Å²) in [5.41, 5.74) is 1.42. The summed E-state index contributed by atoms with van der Waals surface area (Å²) >= 11 is 1.53. The summed E-state index contributed by atoms with van der Waals surface area (Å²) in [7, 11) is 3.19. The number of hydrogen-bond acceptors (Lipinski definition) is 5. The molecule has 0 saturated heterocycles. The number of aromatic nitrogens is 4. The molecule has 1 aliphatic carbocycles. The van der Waals surface area contributed by atoms with Gasteiger partial charge in [-0.3, -0.25) is 23.2 Å². The van der Waals surface area contributed by atoms with Crippen molar-refractivity contribution >= 4 is 27.5 Å². The summed E-state index contributed by atoms with van der Waals surface area (Å²) in [6.45, 7) is 4.00. The maximum absolute atomic E-state index is 12.8. The Balaban J connectivity index is 1.83. The molecule has 7 nitrogen and oxygen atoms in total. The molecule has 0 N–H and O–H groups in total. The predicted molar refractivity (Wildman–Crippen MR) is 104 cm³/mol. The van der Waals surface area contributed by atoms with E-state index in [1.54, 1.807) is 7.05 Å². The third-order valence-corrected chi connectivity index (χ3v) is 6.55. The van der Waals surface area contributed by atoms with Gasteiger partial charge in [0.1, 0.15) is 0 Å². The summed E-state index contributed by atoms with van der Waals surface area (Å²) in [5.74, 6) is 0. The van der Waals surface area contributed by atoms with Crippen LogP contribution in [0.2, 0.25) is 0 Å². The SMILES string of the molecule is CCN(Cc1csc2nc3c(c(=O)n(C)c(=O)n3C)n12)C1CCCCC1. The zero-order chi connectivity index (χ0) is 18.4. The standard InChI is InChI=1S/C18H25N5O2S/c1-4-22(12-8-6-5-7-9-12)10-13-11-26-17-19-15-14(23(13)17)16(24)21(3)18(25)20(15)2/h11-12H,4-10H2,1-3H3. The first-order chi connectivity index (χ1) is 12.5. The van der Waals surface area contributed by atoms with Crippen LogP contribution in [0.25, 0.3) is 16.1 Å². The van der Waals surface area contributed by atoms with Crippen LogP contribution in [0.5, 0.6) is 0 Å². The van der Waals surface area contributed by atoms with Gasteiger partial charge in [-0.1, -0.05) is 26.2 Å². The van der Waals surface area contributed by atoms with E-state index >= 15 is 0 Å². The van der Waals surface area contributed by atoms with Gasteiger partial charge in [0.15, 0.2) is 16.1 Å². The molecule has 3 aromatic heterocycles. The highest BCUT2D eigenvalue weighted by molar-refractivity contribution is 7.15. The van der Waals surface area contributed by atoms with Crippen LogP contribution in [0.3, 0.4) is 0 Å². The number of nitrogens with zero attached hydrogens (tertiary/aromatic N) is 5. The summed E-state index contributed by atoms with van der Waals surface area (Å²) in [5, 5.41) is 2.10. The summed E-state index contributed by atoms with van der Waals surface area (Å²) in [4.78, 5) is 32.8. The van der Waals surface area contributed by atoms with Gasteiger partial charge in [0.05, 0.1) is 0 Å². The van der Waals surface area contributed by atoms with E-state index in [1.165, 1.54) is 55.1 Å². The van der Waals surface area contributed by atoms with Crippen molar-refractivity contribution < 1.29 is 0 Å². The average Bonchev–Trinajstić information content (AvgIpc) is 3.23. The molecule has 26 heavy (non-hydrogen) atoms. The predicted octanol–water partition coefficient (Wildman–Crippen LogP) is 2.10. The Labute approximate surface area is 155 Å². The lowest BCUT2D eigenvalue weighted by atomic mass is 9.94. The van der Waals surface area contributed by atoms with Crippen LogP contribution in [0, 0.1) is 0 Å². The second-order valence-corrected chi connectivity index (χ2v) is 8.03. The van der Waals surface area contributed by atoms with Crippen molar-refractivity contribution in [3.8, 4) is 0 Å². The fraction of sp³-hybridized carbons (Fsp3) is 0.611. The first kappa shape index (κ1) is 17.5. The lowest BCUT2D eigenvalue weighted by Gasteiger charge is -2.33. The number of rotatable bonds is 4. The molecule has 8 heteroatoms. The highest BCUT2D eigenvalue weighted by Gasteiger charge is 2.23. The Bertz CT molecular complexity index is 1070. The van der Waals surface area contributed by atoms with Gasteiger partial charge in [0.2, 0.25) is 0 Å². The topological polar surface area (TPSA) is 64.5 Å². The van der Waals surface area contributed by atoms with E-state index in [4.69, 9.17) is 0 Å². The molecular weight excluding hydrogens is 350 g/mol. The highest BCUT2D eigenvalue weighted by atomic mass is 32.1. The molecule has 140 valence electrons. The first-order valence-corrected chi connectivity index (χ1v) is 10.2. The van der Waals surface area contributed by atoms with E-state index in [2.05, 4.69) is 22.2 Å². The quantitative estimate of drug-likeness (QED) is 0.701. The molecule has 3 heterocycles. The molecule has 0 atom stereocenters. The van der Waals surface area contributed by atoms with Crippen molar-refractivity contribution in [3.05, 3.63) is 31.9 Å². The molecule has 1 aliphatic rings. The molecule has 1 fully saturated rings. The van der Waals surface area contributed by atoms with Crippen LogP contribution in [0.15, 0.2) is 15.0 Å². The van der Waals surface area contributed by atoms with E-state index in [1.807, 2.05) is 4.40 Å². The Hall–Kier alpha value is -1.93. The Kier molecular flexibility index (Phi) is 4.48. The number of imidazole rings is 1. The number of hydrogen-bond donors (Lipinski definition) is 0. The van der Waals surface area contributed by atoms with E-state index in [-0.39, 0.29) is 11.2 Å². The molecule has 0 spiro atoms. The lowest BCUT2D eigenvalue weighted by molar-refractivity contribution is 0.154. The minimum Gasteiger partial charge on any atom is -0.295 e. The number of aryl methyl sites for hydroxylation is 1. The van der Waals surface area contributed by atoms with Crippen LogP contribution in [0.4, 0.5) is 0 Å². The second-order valence-electron chi connectivity index (χ2n) is 7.19. The van der Waals surface area contributed by atoms with Gasteiger partial charge in [-0.15, -0.1) is 11.3 Å². The minimum atomic E-state index is -0.341. The summed E-state index contributed by atoms with van der Waals surface area (Å²) in [6, 6.07) is 0.616. The van der Waals surface area contributed by atoms with E-state index < -0.39 is 0 Å². The van der Waals surface area contributed by atoms with Crippen LogP contribution < -0.4 is 11.2 Å². The molecule has 1 saturated carbocycles. The third kappa shape index (κ3) is 2.63. The molecule has 0 radical (unpaired) electrons. The Morgan fingerprint density at radius 3 is 2.62 bits per heavy atom. The molecule has 0 bridgehead atoms. The number of thiazole rings is 1. The van der Waals surface area contributed by atoms with E-state index in [0.29, 0.717) is 17.2 Å². The molecule has 0 aromatic carbocycles. The van der Waals surface area contributed by atoms with Gasteiger partial charge in [0.25, 0.3) is 5.56 Å². The average molecular weight is 375 g/mol. The van der Waals surface area contributed by atoms with Crippen molar-refractivity contribution in [2.24, 2.45) is 14.1 Å². The molecule has 0 amide bonds. The highest BCUT2D eigenvalue weighted by Crippen LogP contribution is 2.26. The Morgan fingerprint density at radius 1 is 1.19 bits per heavy atom. The van der Waals surface area contributed by atoms with Crippen molar-refractivity contribution in [1.29, 1.82) is 0 Å². The molecule has 3 aromatic rings. The fourth-order valence-electron chi connectivity index (χ4n) is 4.16. The van der Waals surface area contributed by atoms with Gasteiger partial charge in [-0.25, -0.2) is 9.78 Å². The first-order valence-electron chi connectivity index (χ1n) is 9.31. The monoisotopic (exact) mass is 375 g/mol. The summed E-state index contributed by atoms with van der Waals surface area (Å²) < 4.78 is 4.57. The van der Waals surface area contributed by atoms with Crippen molar-refractivity contribution in [3.63, 3.8) is 0 Å². The normalized spacial score (nSPS) is 16.3. The lowest BCUT2D eigenvalue weighted by Crippen LogP contribution is -2.38. The minimum absolute atomic E-state index is 0.282.